The number of hydrogen-bond donors (Lipinski definition) is 2. The van der Waals surface area contributed by atoms with Gasteiger partial charge in [-0.2, -0.15) is 0 Å². The van der Waals surface area contributed by atoms with Crippen LogP contribution in [0.4, 0.5) is 21.7 Å². The molecule has 4 rings (SSSR count). The zero-order valence-electron chi connectivity index (χ0n) is 15.4. The maximum absolute atomic E-state index is 13.5. The molecule has 2 heterocycles. The molecule has 8 heteroatoms. The maximum atomic E-state index is 13.5. The SMILES string of the molecule is Cc1cc(NC(=O)c2cc(Nc3cccc(F)c3)nc(-c3ccccc3)n2)no1. The molecule has 144 valence electrons. The standard InChI is InChI=1S/C21H16FN5O2/c1-13-10-19(27-29-13)26-21(28)17-12-18(23-16-9-5-8-15(22)11-16)25-20(24-17)14-6-3-2-4-7-14/h2-12H,1H3,(H,23,24,25)(H,26,27,28). The molecular formula is C21H16FN5O2. The van der Waals surface area contributed by atoms with Gasteiger partial charge in [0.25, 0.3) is 5.91 Å². The van der Waals surface area contributed by atoms with Crippen molar-refractivity contribution >= 4 is 23.2 Å². The summed E-state index contributed by atoms with van der Waals surface area (Å²) in [6.07, 6.45) is 0. The van der Waals surface area contributed by atoms with E-state index in [1.807, 2.05) is 30.3 Å². The van der Waals surface area contributed by atoms with Gasteiger partial charge in [0.05, 0.1) is 0 Å². The molecule has 0 spiro atoms. The third kappa shape index (κ3) is 4.44. The van der Waals surface area contributed by atoms with Crippen LogP contribution in [0.1, 0.15) is 16.2 Å². The lowest BCUT2D eigenvalue weighted by atomic mass is 10.2. The maximum Gasteiger partial charge on any atom is 0.275 e. The van der Waals surface area contributed by atoms with Crippen molar-refractivity contribution in [3.8, 4) is 11.4 Å². The summed E-state index contributed by atoms with van der Waals surface area (Å²) in [6.45, 7) is 1.72. The Morgan fingerprint density at radius 1 is 0.966 bits per heavy atom. The molecule has 2 aromatic heterocycles. The third-order valence-corrected chi connectivity index (χ3v) is 3.96. The largest absolute Gasteiger partial charge is 0.360 e. The number of hydrogen-bond acceptors (Lipinski definition) is 6. The third-order valence-electron chi connectivity index (χ3n) is 3.96. The molecule has 0 saturated heterocycles. The van der Waals surface area contributed by atoms with E-state index in [4.69, 9.17) is 4.52 Å². The van der Waals surface area contributed by atoms with Gasteiger partial charge < -0.3 is 15.2 Å². The lowest BCUT2D eigenvalue weighted by molar-refractivity contribution is 0.102. The van der Waals surface area contributed by atoms with Gasteiger partial charge >= 0.3 is 0 Å². The van der Waals surface area contributed by atoms with Crippen LogP contribution in [0.2, 0.25) is 0 Å². The lowest BCUT2D eigenvalue weighted by Crippen LogP contribution is -2.15. The second-order valence-corrected chi connectivity index (χ2v) is 6.24. The molecule has 0 radical (unpaired) electrons. The van der Waals surface area contributed by atoms with Gasteiger partial charge in [-0.25, -0.2) is 14.4 Å². The average molecular weight is 389 g/mol. The van der Waals surface area contributed by atoms with Gasteiger partial charge in [0.15, 0.2) is 11.6 Å². The average Bonchev–Trinajstić information content (AvgIpc) is 3.13. The second-order valence-electron chi connectivity index (χ2n) is 6.24. The molecule has 0 aliphatic rings. The normalized spacial score (nSPS) is 10.6. The topological polar surface area (TPSA) is 92.9 Å². The van der Waals surface area contributed by atoms with E-state index in [1.165, 1.54) is 18.2 Å². The molecule has 1 amide bonds. The van der Waals surface area contributed by atoms with Gasteiger partial charge in [-0.05, 0) is 25.1 Å². The Hall–Kier alpha value is -4.07. The van der Waals surface area contributed by atoms with Crippen molar-refractivity contribution in [2.45, 2.75) is 6.92 Å². The summed E-state index contributed by atoms with van der Waals surface area (Å²) in [7, 11) is 0. The highest BCUT2D eigenvalue weighted by Crippen LogP contribution is 2.22. The minimum atomic E-state index is -0.472. The van der Waals surface area contributed by atoms with Crippen LogP contribution in [-0.4, -0.2) is 21.0 Å². The van der Waals surface area contributed by atoms with Gasteiger partial charge in [0.2, 0.25) is 0 Å². The summed E-state index contributed by atoms with van der Waals surface area (Å²) in [6, 6.07) is 18.3. The van der Waals surface area contributed by atoms with E-state index in [0.717, 1.165) is 5.56 Å². The second kappa shape index (κ2) is 7.89. The molecule has 0 bridgehead atoms. The summed E-state index contributed by atoms with van der Waals surface area (Å²) < 4.78 is 18.5. The smallest absolute Gasteiger partial charge is 0.275 e. The molecule has 0 aliphatic carbocycles. The zero-order chi connectivity index (χ0) is 20.2. The van der Waals surface area contributed by atoms with Crippen molar-refractivity contribution < 1.29 is 13.7 Å². The number of aryl methyl sites for hydroxylation is 1. The Bertz CT molecular complexity index is 1160. The highest BCUT2D eigenvalue weighted by Gasteiger charge is 2.15. The number of rotatable bonds is 5. The van der Waals surface area contributed by atoms with Crippen molar-refractivity contribution in [2.24, 2.45) is 0 Å². The first-order valence-corrected chi connectivity index (χ1v) is 8.78. The molecule has 2 N–H and O–H groups in total. The fourth-order valence-electron chi connectivity index (χ4n) is 2.66. The van der Waals surface area contributed by atoms with E-state index < -0.39 is 5.91 Å². The van der Waals surface area contributed by atoms with E-state index in [9.17, 15) is 9.18 Å². The molecule has 0 aliphatic heterocycles. The molecule has 2 aromatic carbocycles. The Balaban J connectivity index is 1.70. The summed E-state index contributed by atoms with van der Waals surface area (Å²) in [5.41, 5.74) is 1.36. The first kappa shape index (κ1) is 18.3. The molecular weight excluding hydrogens is 373 g/mol. The summed E-state index contributed by atoms with van der Waals surface area (Å²) in [4.78, 5) is 21.5. The van der Waals surface area contributed by atoms with Gasteiger partial charge in [-0.3, -0.25) is 4.79 Å². The Morgan fingerprint density at radius 2 is 1.79 bits per heavy atom. The predicted octanol–water partition coefficient (Wildman–Crippen LogP) is 4.58. The minimum absolute atomic E-state index is 0.124. The lowest BCUT2D eigenvalue weighted by Gasteiger charge is -2.10. The van der Waals surface area contributed by atoms with Crippen molar-refractivity contribution in [1.29, 1.82) is 0 Å². The quantitative estimate of drug-likeness (QED) is 0.519. The molecule has 0 fully saturated rings. The summed E-state index contributed by atoms with van der Waals surface area (Å²) in [5.74, 6) is 0.708. The predicted molar refractivity (Wildman–Crippen MR) is 106 cm³/mol. The minimum Gasteiger partial charge on any atom is -0.360 e. The van der Waals surface area contributed by atoms with Crippen molar-refractivity contribution in [3.05, 3.63) is 84.0 Å². The Kier molecular flexibility index (Phi) is 4.98. The first-order valence-electron chi connectivity index (χ1n) is 8.78. The molecule has 4 aromatic rings. The van der Waals surface area contributed by atoms with Crippen LogP contribution < -0.4 is 10.6 Å². The summed E-state index contributed by atoms with van der Waals surface area (Å²) >= 11 is 0. The number of halogens is 1. The molecule has 7 nitrogen and oxygen atoms in total. The van der Waals surface area contributed by atoms with E-state index in [2.05, 4.69) is 25.8 Å². The number of amides is 1. The number of benzene rings is 2. The number of anilines is 3. The van der Waals surface area contributed by atoms with Crippen LogP contribution in [0.3, 0.4) is 0 Å². The van der Waals surface area contributed by atoms with E-state index in [-0.39, 0.29) is 17.3 Å². The number of aromatic nitrogens is 3. The van der Waals surface area contributed by atoms with Crippen molar-refractivity contribution in [3.63, 3.8) is 0 Å². The van der Waals surface area contributed by atoms with Crippen molar-refractivity contribution in [2.75, 3.05) is 10.6 Å². The van der Waals surface area contributed by atoms with Gasteiger partial charge in [0.1, 0.15) is 23.1 Å². The fourth-order valence-corrected chi connectivity index (χ4v) is 2.66. The first-order chi connectivity index (χ1) is 14.1. The van der Waals surface area contributed by atoms with E-state index in [0.29, 0.717) is 23.1 Å². The molecule has 0 unspecified atom stereocenters. The van der Waals surface area contributed by atoms with Crippen LogP contribution in [0.5, 0.6) is 0 Å². The fraction of sp³-hybridized carbons (Fsp3) is 0.0476. The number of nitrogens with one attached hydrogen (secondary N) is 2. The highest BCUT2D eigenvalue weighted by atomic mass is 19.1. The zero-order valence-corrected chi connectivity index (χ0v) is 15.4. The monoisotopic (exact) mass is 389 g/mol. The van der Waals surface area contributed by atoms with Crippen molar-refractivity contribution in [1.82, 2.24) is 15.1 Å². The van der Waals surface area contributed by atoms with E-state index >= 15 is 0 Å². The van der Waals surface area contributed by atoms with Crippen LogP contribution >= 0.6 is 0 Å². The number of carbonyl (C=O) groups excluding carboxylic acids is 1. The Morgan fingerprint density at radius 3 is 2.52 bits per heavy atom. The van der Waals surface area contributed by atoms with Crippen LogP contribution in [0.25, 0.3) is 11.4 Å². The van der Waals surface area contributed by atoms with Gasteiger partial charge in [0, 0.05) is 23.4 Å². The van der Waals surface area contributed by atoms with Crippen LogP contribution in [0.15, 0.2) is 71.3 Å². The molecule has 29 heavy (non-hydrogen) atoms. The van der Waals surface area contributed by atoms with Crippen LogP contribution in [0, 0.1) is 12.7 Å². The Labute approximate surface area is 165 Å². The van der Waals surface area contributed by atoms with Gasteiger partial charge in [-0.15, -0.1) is 0 Å². The van der Waals surface area contributed by atoms with Gasteiger partial charge in [-0.1, -0.05) is 41.6 Å². The highest BCUT2D eigenvalue weighted by molar-refractivity contribution is 6.03. The van der Waals surface area contributed by atoms with Crippen LogP contribution in [-0.2, 0) is 0 Å². The molecule has 0 saturated carbocycles. The summed E-state index contributed by atoms with van der Waals surface area (Å²) in [5, 5.41) is 9.40. The number of carbonyl (C=O) groups is 1. The van der Waals surface area contributed by atoms with E-state index in [1.54, 1.807) is 25.1 Å². The number of nitrogens with zero attached hydrogens (tertiary/aromatic N) is 3. The molecule has 0 atom stereocenters.